The van der Waals surface area contributed by atoms with Crippen molar-refractivity contribution >= 4 is 11.9 Å². The molecular weight excluding hydrogens is 282 g/mol. The number of amides is 1. The van der Waals surface area contributed by atoms with Crippen molar-refractivity contribution < 1.29 is 19.4 Å². The van der Waals surface area contributed by atoms with E-state index in [9.17, 15) is 14.7 Å². The van der Waals surface area contributed by atoms with E-state index in [0.29, 0.717) is 6.54 Å². The first-order valence-corrected chi connectivity index (χ1v) is 7.49. The van der Waals surface area contributed by atoms with Crippen LogP contribution in [0.1, 0.15) is 18.5 Å². The van der Waals surface area contributed by atoms with Crippen LogP contribution < -0.4 is 0 Å². The lowest BCUT2D eigenvalue weighted by atomic mass is 9.77. The third-order valence-electron chi connectivity index (χ3n) is 5.16. The summed E-state index contributed by atoms with van der Waals surface area (Å²) in [6, 6.07) is 9.67. The Hall–Kier alpha value is -2.14. The molecule has 5 atom stereocenters. The molecule has 1 aromatic carbocycles. The minimum Gasteiger partial charge on any atom is -0.481 e. The number of hydrogen-bond acceptors (Lipinski definition) is 3. The Kier molecular flexibility index (Phi) is 2.72. The molecule has 4 rings (SSSR count). The number of carboxylic acid groups (broad SMARTS) is 1. The van der Waals surface area contributed by atoms with Crippen LogP contribution in [0, 0.1) is 11.8 Å². The lowest BCUT2D eigenvalue weighted by molar-refractivity contribution is -0.148. The van der Waals surface area contributed by atoms with E-state index in [1.165, 1.54) is 0 Å². The van der Waals surface area contributed by atoms with Gasteiger partial charge in [-0.1, -0.05) is 42.5 Å². The van der Waals surface area contributed by atoms with Gasteiger partial charge in [-0.15, -0.1) is 0 Å². The highest BCUT2D eigenvalue weighted by atomic mass is 16.5. The Morgan fingerprint density at radius 3 is 2.82 bits per heavy atom. The van der Waals surface area contributed by atoms with Crippen LogP contribution in [0.25, 0.3) is 0 Å². The maximum absolute atomic E-state index is 12.8. The molecule has 1 aromatic rings. The van der Waals surface area contributed by atoms with Crippen molar-refractivity contribution in [1.29, 1.82) is 0 Å². The van der Waals surface area contributed by atoms with Crippen LogP contribution in [0.4, 0.5) is 0 Å². The normalized spacial score (nSPS) is 36.7. The Labute approximate surface area is 128 Å². The van der Waals surface area contributed by atoms with Gasteiger partial charge in [0.1, 0.15) is 11.5 Å². The van der Waals surface area contributed by atoms with E-state index < -0.39 is 29.5 Å². The van der Waals surface area contributed by atoms with E-state index in [1.807, 2.05) is 43.3 Å². The van der Waals surface area contributed by atoms with E-state index in [4.69, 9.17) is 4.74 Å². The number of carboxylic acids is 1. The zero-order chi connectivity index (χ0) is 15.5. The molecule has 2 fully saturated rings. The third-order valence-corrected chi connectivity index (χ3v) is 5.16. The van der Waals surface area contributed by atoms with E-state index in [-0.39, 0.29) is 11.9 Å². The van der Waals surface area contributed by atoms with Gasteiger partial charge in [0.2, 0.25) is 5.91 Å². The average molecular weight is 299 g/mol. The van der Waals surface area contributed by atoms with Gasteiger partial charge in [-0.3, -0.25) is 9.59 Å². The summed E-state index contributed by atoms with van der Waals surface area (Å²) in [6.07, 6.45) is 3.21. The molecule has 0 unspecified atom stereocenters. The summed E-state index contributed by atoms with van der Waals surface area (Å²) in [6.45, 7) is 2.39. The number of rotatable bonds is 3. The smallest absolute Gasteiger partial charge is 0.310 e. The number of hydrogen-bond donors (Lipinski definition) is 1. The van der Waals surface area contributed by atoms with Crippen LogP contribution in [-0.2, 0) is 14.3 Å². The Morgan fingerprint density at radius 2 is 2.14 bits per heavy atom. The third kappa shape index (κ3) is 1.63. The van der Waals surface area contributed by atoms with Crippen LogP contribution in [0.3, 0.4) is 0 Å². The van der Waals surface area contributed by atoms with Crippen LogP contribution in [0.15, 0.2) is 42.5 Å². The van der Waals surface area contributed by atoms with E-state index in [0.717, 1.165) is 5.56 Å². The molecule has 2 bridgehead atoms. The first-order valence-electron chi connectivity index (χ1n) is 7.49. The number of aliphatic carboxylic acids is 1. The second kappa shape index (κ2) is 4.43. The van der Waals surface area contributed by atoms with Gasteiger partial charge in [-0.25, -0.2) is 0 Å². The summed E-state index contributed by atoms with van der Waals surface area (Å²) in [5.74, 6) is -2.45. The summed E-state index contributed by atoms with van der Waals surface area (Å²) >= 11 is 0. The Bertz CT molecular complexity index is 670. The summed E-state index contributed by atoms with van der Waals surface area (Å²) in [7, 11) is 0. The number of carbonyl (C=O) groups is 2. The zero-order valence-corrected chi connectivity index (χ0v) is 12.2. The standard InChI is InChI=1S/C17H17NO4/c1-10(11-5-3-2-4-6-11)18-9-17-8-7-12(22-17)13(16(20)21)14(17)15(18)19/h2-8,10,12-14H,9H2,1H3,(H,20,21)/t10-,12+,13-,14-,17+/m0/s1. The van der Waals surface area contributed by atoms with Crippen LogP contribution >= 0.6 is 0 Å². The topological polar surface area (TPSA) is 66.8 Å². The quantitative estimate of drug-likeness (QED) is 0.861. The van der Waals surface area contributed by atoms with Gasteiger partial charge >= 0.3 is 5.97 Å². The minimum atomic E-state index is -0.955. The average Bonchev–Trinajstić information content (AvgIpc) is 3.15. The van der Waals surface area contributed by atoms with Crippen molar-refractivity contribution in [1.82, 2.24) is 4.90 Å². The lowest BCUT2D eigenvalue weighted by Crippen LogP contribution is -2.39. The number of nitrogens with zero attached hydrogens (tertiary/aromatic N) is 1. The summed E-state index contributed by atoms with van der Waals surface area (Å²) in [4.78, 5) is 26.1. The lowest BCUT2D eigenvalue weighted by Gasteiger charge is -2.27. The number of carbonyl (C=O) groups excluding carboxylic acids is 1. The van der Waals surface area contributed by atoms with Gasteiger partial charge in [-0.2, -0.15) is 0 Å². The highest BCUT2D eigenvalue weighted by molar-refractivity contribution is 5.91. The zero-order valence-electron chi connectivity index (χ0n) is 12.2. The molecule has 0 aliphatic carbocycles. The van der Waals surface area contributed by atoms with Gasteiger partial charge in [-0.05, 0) is 12.5 Å². The number of likely N-dealkylation sites (tertiary alicyclic amines) is 1. The van der Waals surface area contributed by atoms with Crippen LogP contribution in [0.5, 0.6) is 0 Å². The number of fused-ring (bicyclic) bond motifs is 1. The van der Waals surface area contributed by atoms with Crippen molar-refractivity contribution in [3.8, 4) is 0 Å². The van der Waals surface area contributed by atoms with Crippen molar-refractivity contribution in [2.24, 2.45) is 11.8 Å². The van der Waals surface area contributed by atoms with Crippen molar-refractivity contribution in [3.05, 3.63) is 48.0 Å². The predicted octanol–water partition coefficient (Wildman–Crippen LogP) is 1.61. The van der Waals surface area contributed by atoms with Gasteiger partial charge < -0.3 is 14.7 Å². The molecule has 1 spiro atoms. The van der Waals surface area contributed by atoms with Gasteiger partial charge in [0, 0.05) is 0 Å². The maximum Gasteiger partial charge on any atom is 0.310 e. The molecule has 3 aliphatic rings. The van der Waals surface area contributed by atoms with Crippen molar-refractivity contribution in [2.75, 3.05) is 6.54 Å². The largest absolute Gasteiger partial charge is 0.481 e. The molecule has 3 heterocycles. The van der Waals surface area contributed by atoms with Crippen molar-refractivity contribution in [2.45, 2.75) is 24.7 Å². The molecule has 2 saturated heterocycles. The Balaban J connectivity index is 1.68. The molecule has 22 heavy (non-hydrogen) atoms. The van der Waals surface area contributed by atoms with Gasteiger partial charge in [0.05, 0.1) is 24.6 Å². The number of ether oxygens (including phenoxy) is 1. The van der Waals surface area contributed by atoms with Crippen LogP contribution in [0.2, 0.25) is 0 Å². The van der Waals surface area contributed by atoms with E-state index in [1.54, 1.807) is 11.0 Å². The predicted molar refractivity (Wildman–Crippen MR) is 77.9 cm³/mol. The highest BCUT2D eigenvalue weighted by Gasteiger charge is 2.67. The molecule has 5 heteroatoms. The van der Waals surface area contributed by atoms with Gasteiger partial charge in [0.15, 0.2) is 0 Å². The summed E-state index contributed by atoms with van der Waals surface area (Å²) in [5, 5.41) is 9.45. The number of benzene rings is 1. The summed E-state index contributed by atoms with van der Waals surface area (Å²) < 4.78 is 5.89. The highest BCUT2D eigenvalue weighted by Crippen LogP contribution is 2.53. The van der Waals surface area contributed by atoms with Crippen molar-refractivity contribution in [3.63, 3.8) is 0 Å². The molecule has 3 aliphatic heterocycles. The molecule has 114 valence electrons. The second-order valence-electron chi connectivity index (χ2n) is 6.29. The minimum absolute atomic E-state index is 0.0980. The monoisotopic (exact) mass is 299 g/mol. The molecule has 0 aromatic heterocycles. The SMILES string of the molecule is C[C@@H](c1ccccc1)N1C[C@@]23C=C[C@@H](O2)[C@H](C(=O)O)[C@H]3C1=O. The fourth-order valence-electron chi connectivity index (χ4n) is 4.05. The van der Waals surface area contributed by atoms with Crippen LogP contribution in [-0.4, -0.2) is 40.1 Å². The van der Waals surface area contributed by atoms with E-state index >= 15 is 0 Å². The second-order valence-corrected chi connectivity index (χ2v) is 6.29. The molecule has 1 amide bonds. The first-order chi connectivity index (χ1) is 10.5. The maximum atomic E-state index is 12.8. The summed E-state index contributed by atoms with van der Waals surface area (Å²) in [5.41, 5.74) is 0.283. The van der Waals surface area contributed by atoms with E-state index in [2.05, 4.69) is 0 Å². The molecule has 0 saturated carbocycles. The fraction of sp³-hybridized carbons (Fsp3) is 0.412. The molecule has 0 radical (unpaired) electrons. The fourth-order valence-corrected chi connectivity index (χ4v) is 4.05. The Morgan fingerprint density at radius 1 is 1.41 bits per heavy atom. The molecule has 5 nitrogen and oxygen atoms in total. The first kappa shape index (κ1) is 13.5. The van der Waals surface area contributed by atoms with Gasteiger partial charge in [0.25, 0.3) is 0 Å². The molecule has 1 N–H and O–H groups in total. The molecular formula is C17H17NO4.